The Bertz CT molecular complexity index is 493. The number of aromatic nitrogens is 3. The molecule has 2 heterocycles. The van der Waals surface area contributed by atoms with Gasteiger partial charge in [0.1, 0.15) is 5.15 Å². The van der Waals surface area contributed by atoms with Gasteiger partial charge in [0.05, 0.1) is 12.8 Å². The molecule has 80 valence electrons. The predicted octanol–water partition coefficient (Wildman–Crippen LogP) is 2.16. The van der Waals surface area contributed by atoms with Crippen LogP contribution >= 0.6 is 11.6 Å². The van der Waals surface area contributed by atoms with Gasteiger partial charge in [-0.25, -0.2) is 9.67 Å². The lowest BCUT2D eigenvalue weighted by Crippen LogP contribution is -2.03. The zero-order valence-electron chi connectivity index (χ0n) is 8.61. The van der Waals surface area contributed by atoms with Crippen molar-refractivity contribution < 1.29 is 5.11 Å². The fourth-order valence-electron chi connectivity index (χ4n) is 1.56. The Morgan fingerprint density at radius 2 is 2.27 bits per heavy atom. The fraction of sp³-hybridized carbons (Fsp3) is 0.400. The van der Waals surface area contributed by atoms with Crippen LogP contribution in [-0.4, -0.2) is 19.9 Å². The van der Waals surface area contributed by atoms with Crippen LogP contribution in [0.15, 0.2) is 12.3 Å². The number of hydrogen-bond acceptors (Lipinski definition) is 3. The van der Waals surface area contributed by atoms with Gasteiger partial charge in [-0.1, -0.05) is 11.6 Å². The molecule has 1 N–H and O–H groups in total. The summed E-state index contributed by atoms with van der Waals surface area (Å²) in [6.07, 6.45) is 1.71. The quantitative estimate of drug-likeness (QED) is 0.797. The Hall–Kier alpha value is -1.13. The highest BCUT2D eigenvalue weighted by atomic mass is 35.5. The van der Waals surface area contributed by atoms with Crippen molar-refractivity contribution in [2.45, 2.75) is 26.5 Å². The topological polar surface area (TPSA) is 50.9 Å². The highest BCUT2D eigenvalue weighted by molar-refractivity contribution is 6.29. The van der Waals surface area contributed by atoms with E-state index in [-0.39, 0.29) is 12.6 Å². The van der Waals surface area contributed by atoms with Crippen LogP contribution in [0, 0.1) is 0 Å². The highest BCUT2D eigenvalue weighted by Gasteiger charge is 2.11. The number of aliphatic hydroxyl groups is 1. The Kier molecular flexibility index (Phi) is 2.63. The molecule has 0 aliphatic heterocycles. The van der Waals surface area contributed by atoms with Crippen molar-refractivity contribution in [2.75, 3.05) is 0 Å². The minimum Gasteiger partial charge on any atom is -0.392 e. The van der Waals surface area contributed by atoms with Crippen molar-refractivity contribution in [3.05, 3.63) is 23.0 Å². The first kappa shape index (κ1) is 10.4. The fourth-order valence-corrected chi connectivity index (χ4v) is 1.77. The molecule has 0 saturated heterocycles. The number of rotatable bonds is 2. The molecule has 2 aromatic heterocycles. The van der Waals surface area contributed by atoms with Crippen LogP contribution in [0.3, 0.4) is 0 Å². The van der Waals surface area contributed by atoms with Crippen LogP contribution in [0.5, 0.6) is 0 Å². The molecule has 0 saturated carbocycles. The molecule has 0 amide bonds. The minimum atomic E-state index is -0.0530. The monoisotopic (exact) mass is 225 g/mol. The smallest absolute Gasteiger partial charge is 0.160 e. The molecular formula is C10H12ClN3O. The summed E-state index contributed by atoms with van der Waals surface area (Å²) in [5.74, 6) is 0. The van der Waals surface area contributed by atoms with Crippen LogP contribution in [0.1, 0.15) is 25.5 Å². The summed E-state index contributed by atoms with van der Waals surface area (Å²) in [6, 6.07) is 1.89. The van der Waals surface area contributed by atoms with Gasteiger partial charge < -0.3 is 5.11 Å². The predicted molar refractivity (Wildman–Crippen MR) is 58.8 cm³/mol. The van der Waals surface area contributed by atoms with Crippen molar-refractivity contribution >= 4 is 22.6 Å². The summed E-state index contributed by atoms with van der Waals surface area (Å²) >= 11 is 5.87. The molecule has 0 aliphatic carbocycles. The van der Waals surface area contributed by atoms with Crippen LogP contribution in [0.2, 0.25) is 5.15 Å². The SMILES string of the molecule is CC(C)n1ncc2c(CO)cc(Cl)nc21. The van der Waals surface area contributed by atoms with Crippen LogP contribution < -0.4 is 0 Å². The van der Waals surface area contributed by atoms with E-state index in [9.17, 15) is 5.11 Å². The first-order valence-corrected chi connectivity index (χ1v) is 5.14. The summed E-state index contributed by atoms with van der Waals surface area (Å²) in [5.41, 5.74) is 1.48. The molecule has 0 radical (unpaired) electrons. The first-order chi connectivity index (χ1) is 7.13. The van der Waals surface area contributed by atoms with Crippen LogP contribution in [-0.2, 0) is 6.61 Å². The summed E-state index contributed by atoms with van der Waals surface area (Å²) in [6.45, 7) is 3.99. The maximum Gasteiger partial charge on any atom is 0.160 e. The second-order valence-corrected chi connectivity index (χ2v) is 4.07. The van der Waals surface area contributed by atoms with Crippen LogP contribution in [0.4, 0.5) is 0 Å². The van der Waals surface area contributed by atoms with Crippen LogP contribution in [0.25, 0.3) is 11.0 Å². The molecule has 0 spiro atoms. The van der Waals surface area contributed by atoms with E-state index in [0.29, 0.717) is 5.15 Å². The zero-order valence-corrected chi connectivity index (χ0v) is 9.36. The summed E-state index contributed by atoms with van der Waals surface area (Å²) in [5, 5.41) is 14.7. The van der Waals surface area contributed by atoms with Crippen molar-refractivity contribution in [3.63, 3.8) is 0 Å². The summed E-state index contributed by atoms with van der Waals surface area (Å²) < 4.78 is 1.79. The largest absolute Gasteiger partial charge is 0.392 e. The Morgan fingerprint density at radius 1 is 1.53 bits per heavy atom. The number of fused-ring (bicyclic) bond motifs is 1. The van der Waals surface area contributed by atoms with Gasteiger partial charge in [-0.2, -0.15) is 5.10 Å². The molecule has 4 nitrogen and oxygen atoms in total. The maximum atomic E-state index is 9.18. The first-order valence-electron chi connectivity index (χ1n) is 4.77. The van der Waals surface area contributed by atoms with Crippen molar-refractivity contribution in [3.8, 4) is 0 Å². The van der Waals surface area contributed by atoms with Gasteiger partial charge >= 0.3 is 0 Å². The second-order valence-electron chi connectivity index (χ2n) is 3.68. The lowest BCUT2D eigenvalue weighted by atomic mass is 10.2. The Labute approximate surface area is 92.5 Å². The molecule has 0 fully saturated rings. The van der Waals surface area contributed by atoms with E-state index >= 15 is 0 Å². The Balaban J connectivity index is 2.75. The minimum absolute atomic E-state index is 0.0530. The normalized spacial score (nSPS) is 11.5. The van der Waals surface area contributed by atoms with E-state index < -0.39 is 0 Å². The van der Waals surface area contributed by atoms with Crippen molar-refractivity contribution in [1.82, 2.24) is 14.8 Å². The van der Waals surface area contributed by atoms with E-state index in [1.54, 1.807) is 16.9 Å². The molecule has 15 heavy (non-hydrogen) atoms. The molecular weight excluding hydrogens is 214 g/mol. The average Bonchev–Trinajstić information content (AvgIpc) is 2.59. The average molecular weight is 226 g/mol. The standard InChI is InChI=1S/C10H12ClN3O/c1-6(2)14-10-8(4-12-14)7(5-15)3-9(11)13-10/h3-4,6,15H,5H2,1-2H3. The van der Waals surface area contributed by atoms with E-state index in [2.05, 4.69) is 10.1 Å². The molecule has 0 unspecified atom stereocenters. The zero-order chi connectivity index (χ0) is 11.0. The summed E-state index contributed by atoms with van der Waals surface area (Å²) in [7, 11) is 0. The lowest BCUT2D eigenvalue weighted by molar-refractivity contribution is 0.283. The van der Waals surface area contributed by atoms with Gasteiger partial charge in [0.25, 0.3) is 0 Å². The van der Waals surface area contributed by atoms with E-state index in [1.807, 2.05) is 13.8 Å². The van der Waals surface area contributed by atoms with Gasteiger partial charge in [-0.05, 0) is 25.5 Å². The van der Waals surface area contributed by atoms with E-state index in [4.69, 9.17) is 11.6 Å². The third kappa shape index (κ3) is 1.70. The van der Waals surface area contributed by atoms with Crippen molar-refractivity contribution in [1.29, 1.82) is 0 Å². The highest BCUT2D eigenvalue weighted by Crippen LogP contribution is 2.22. The lowest BCUT2D eigenvalue weighted by Gasteiger charge is -2.07. The Morgan fingerprint density at radius 3 is 2.87 bits per heavy atom. The van der Waals surface area contributed by atoms with Gasteiger partial charge in [-0.15, -0.1) is 0 Å². The third-order valence-electron chi connectivity index (χ3n) is 2.28. The van der Waals surface area contributed by atoms with Gasteiger partial charge in [0.2, 0.25) is 0 Å². The second kappa shape index (κ2) is 3.79. The molecule has 2 aromatic rings. The van der Waals surface area contributed by atoms with E-state index in [1.165, 1.54) is 0 Å². The molecule has 0 aliphatic rings. The third-order valence-corrected chi connectivity index (χ3v) is 2.47. The molecule has 0 bridgehead atoms. The molecule has 0 atom stereocenters. The van der Waals surface area contributed by atoms with Crippen molar-refractivity contribution in [2.24, 2.45) is 0 Å². The number of pyridine rings is 1. The number of halogens is 1. The van der Waals surface area contributed by atoms with Gasteiger partial charge in [-0.3, -0.25) is 0 Å². The summed E-state index contributed by atoms with van der Waals surface area (Å²) in [4.78, 5) is 4.22. The number of aliphatic hydroxyl groups excluding tert-OH is 1. The number of hydrogen-bond donors (Lipinski definition) is 1. The molecule has 0 aromatic carbocycles. The van der Waals surface area contributed by atoms with Gasteiger partial charge in [0, 0.05) is 11.4 Å². The maximum absolute atomic E-state index is 9.18. The molecule has 5 heteroatoms. The van der Waals surface area contributed by atoms with E-state index in [0.717, 1.165) is 16.6 Å². The number of nitrogens with zero attached hydrogens (tertiary/aromatic N) is 3. The van der Waals surface area contributed by atoms with Gasteiger partial charge in [0.15, 0.2) is 5.65 Å². The molecule has 2 rings (SSSR count).